The SMILES string of the molecule is C=CC(=O)N1CCCC(Cc2cc(-c3ncc(C)[nH]3)ncn2)C1. The molecule has 0 radical (unpaired) electrons. The highest BCUT2D eigenvalue weighted by atomic mass is 16.2. The Kier molecular flexibility index (Phi) is 4.50. The van der Waals surface area contributed by atoms with Crippen LogP contribution in [0.3, 0.4) is 0 Å². The van der Waals surface area contributed by atoms with Gasteiger partial charge in [-0.25, -0.2) is 15.0 Å². The highest BCUT2D eigenvalue weighted by Gasteiger charge is 2.23. The van der Waals surface area contributed by atoms with Crippen LogP contribution in [0.15, 0.2) is 31.2 Å². The van der Waals surface area contributed by atoms with Crippen LogP contribution in [0, 0.1) is 12.8 Å². The van der Waals surface area contributed by atoms with E-state index in [1.165, 1.54) is 6.08 Å². The van der Waals surface area contributed by atoms with E-state index in [4.69, 9.17) is 0 Å². The number of aromatic nitrogens is 4. The predicted octanol–water partition coefficient (Wildman–Crippen LogP) is 2.14. The molecule has 3 heterocycles. The Hall–Kier alpha value is -2.50. The maximum absolute atomic E-state index is 11.8. The van der Waals surface area contributed by atoms with Crippen LogP contribution in [-0.4, -0.2) is 43.8 Å². The van der Waals surface area contributed by atoms with Crippen LogP contribution >= 0.6 is 0 Å². The van der Waals surface area contributed by atoms with Gasteiger partial charge in [0.15, 0.2) is 5.82 Å². The summed E-state index contributed by atoms with van der Waals surface area (Å²) >= 11 is 0. The zero-order valence-corrected chi connectivity index (χ0v) is 13.3. The molecule has 1 aliphatic rings. The van der Waals surface area contributed by atoms with Crippen molar-refractivity contribution in [3.05, 3.63) is 42.6 Å². The van der Waals surface area contributed by atoms with Gasteiger partial charge in [-0.15, -0.1) is 0 Å². The topological polar surface area (TPSA) is 74.8 Å². The van der Waals surface area contributed by atoms with Crippen molar-refractivity contribution in [3.8, 4) is 11.5 Å². The molecular formula is C17H21N5O. The van der Waals surface area contributed by atoms with Gasteiger partial charge < -0.3 is 9.88 Å². The standard InChI is InChI=1S/C17H21N5O/c1-3-16(23)22-6-4-5-13(10-22)7-14-8-15(20-11-19-14)17-18-9-12(2)21-17/h3,8-9,11,13H,1,4-7,10H2,2H3,(H,18,21). The van der Waals surface area contributed by atoms with Crippen molar-refractivity contribution in [1.29, 1.82) is 0 Å². The molecule has 1 N–H and O–H groups in total. The zero-order chi connectivity index (χ0) is 16.2. The fourth-order valence-corrected chi connectivity index (χ4v) is 3.04. The Balaban J connectivity index is 1.70. The molecule has 1 saturated heterocycles. The number of rotatable bonds is 4. The summed E-state index contributed by atoms with van der Waals surface area (Å²) in [6, 6.07) is 1.98. The molecule has 2 aromatic rings. The van der Waals surface area contributed by atoms with Crippen molar-refractivity contribution in [1.82, 2.24) is 24.8 Å². The minimum absolute atomic E-state index is 0.0177. The van der Waals surface area contributed by atoms with E-state index >= 15 is 0 Å². The van der Waals surface area contributed by atoms with Crippen molar-refractivity contribution in [2.75, 3.05) is 13.1 Å². The maximum Gasteiger partial charge on any atom is 0.245 e. The van der Waals surface area contributed by atoms with Gasteiger partial charge in [0.25, 0.3) is 0 Å². The van der Waals surface area contributed by atoms with E-state index < -0.39 is 0 Å². The number of aryl methyl sites for hydroxylation is 1. The van der Waals surface area contributed by atoms with Gasteiger partial charge >= 0.3 is 0 Å². The summed E-state index contributed by atoms with van der Waals surface area (Å²) in [5.74, 6) is 1.20. The van der Waals surface area contributed by atoms with Crippen molar-refractivity contribution in [2.24, 2.45) is 5.92 Å². The van der Waals surface area contributed by atoms with Crippen molar-refractivity contribution in [2.45, 2.75) is 26.2 Å². The normalized spacial score (nSPS) is 18.0. The van der Waals surface area contributed by atoms with Crippen LogP contribution in [0.4, 0.5) is 0 Å². The van der Waals surface area contributed by atoms with Crippen molar-refractivity contribution >= 4 is 5.91 Å². The van der Waals surface area contributed by atoms with Crippen molar-refractivity contribution in [3.63, 3.8) is 0 Å². The third-order valence-corrected chi connectivity index (χ3v) is 4.17. The molecule has 1 fully saturated rings. The van der Waals surface area contributed by atoms with Crippen LogP contribution in [0.1, 0.15) is 24.2 Å². The summed E-state index contributed by atoms with van der Waals surface area (Å²) in [6.07, 6.45) is 7.75. The molecule has 6 heteroatoms. The van der Waals surface area contributed by atoms with E-state index in [0.29, 0.717) is 5.92 Å². The summed E-state index contributed by atoms with van der Waals surface area (Å²) in [5.41, 5.74) is 2.80. The summed E-state index contributed by atoms with van der Waals surface area (Å²) in [6.45, 7) is 7.12. The van der Waals surface area contributed by atoms with Crippen LogP contribution < -0.4 is 0 Å². The van der Waals surface area contributed by atoms with E-state index in [2.05, 4.69) is 26.5 Å². The minimum Gasteiger partial charge on any atom is -0.341 e. The number of aromatic amines is 1. The third kappa shape index (κ3) is 3.64. The van der Waals surface area contributed by atoms with E-state index in [9.17, 15) is 4.79 Å². The number of carbonyl (C=O) groups excluding carboxylic acids is 1. The van der Waals surface area contributed by atoms with Gasteiger partial charge in [-0.3, -0.25) is 4.79 Å². The molecule has 2 aromatic heterocycles. The molecular weight excluding hydrogens is 290 g/mol. The van der Waals surface area contributed by atoms with Gasteiger partial charge in [-0.2, -0.15) is 0 Å². The van der Waals surface area contributed by atoms with E-state index in [1.807, 2.05) is 17.9 Å². The van der Waals surface area contributed by atoms with E-state index in [-0.39, 0.29) is 5.91 Å². The molecule has 1 aliphatic heterocycles. The summed E-state index contributed by atoms with van der Waals surface area (Å²) in [5, 5.41) is 0. The number of imidazole rings is 1. The Labute approximate surface area is 135 Å². The highest BCUT2D eigenvalue weighted by Crippen LogP contribution is 2.21. The first kappa shape index (κ1) is 15.4. The number of piperidine rings is 1. The average molecular weight is 311 g/mol. The fourth-order valence-electron chi connectivity index (χ4n) is 3.04. The second-order valence-corrected chi connectivity index (χ2v) is 6.01. The largest absolute Gasteiger partial charge is 0.341 e. The number of hydrogen-bond acceptors (Lipinski definition) is 4. The molecule has 0 saturated carbocycles. The first-order chi connectivity index (χ1) is 11.2. The number of amides is 1. The van der Waals surface area contributed by atoms with Gasteiger partial charge in [0.2, 0.25) is 5.91 Å². The predicted molar refractivity (Wildman–Crippen MR) is 87.6 cm³/mol. The Morgan fingerprint density at radius 2 is 2.35 bits per heavy atom. The van der Waals surface area contributed by atoms with Crippen LogP contribution in [-0.2, 0) is 11.2 Å². The second kappa shape index (κ2) is 6.73. The smallest absolute Gasteiger partial charge is 0.245 e. The van der Waals surface area contributed by atoms with Gasteiger partial charge in [-0.05, 0) is 44.2 Å². The zero-order valence-electron chi connectivity index (χ0n) is 13.3. The number of carbonyl (C=O) groups is 1. The monoisotopic (exact) mass is 311 g/mol. The molecule has 0 bridgehead atoms. The molecule has 1 unspecified atom stereocenters. The summed E-state index contributed by atoms with van der Waals surface area (Å²) in [7, 11) is 0. The van der Waals surface area contributed by atoms with E-state index in [0.717, 1.165) is 55.3 Å². The molecule has 120 valence electrons. The van der Waals surface area contributed by atoms with Crippen molar-refractivity contribution < 1.29 is 4.79 Å². The molecule has 23 heavy (non-hydrogen) atoms. The summed E-state index contributed by atoms with van der Waals surface area (Å²) in [4.78, 5) is 29.8. The van der Waals surface area contributed by atoms with Crippen LogP contribution in [0.25, 0.3) is 11.5 Å². The highest BCUT2D eigenvalue weighted by molar-refractivity contribution is 5.87. The number of H-pyrrole nitrogens is 1. The van der Waals surface area contributed by atoms with Crippen LogP contribution in [0.5, 0.6) is 0 Å². The van der Waals surface area contributed by atoms with Gasteiger partial charge in [0.05, 0.1) is 0 Å². The Morgan fingerprint density at radius 3 is 3.09 bits per heavy atom. The summed E-state index contributed by atoms with van der Waals surface area (Å²) < 4.78 is 0. The van der Waals surface area contributed by atoms with Gasteiger partial charge in [0.1, 0.15) is 12.0 Å². The Bertz CT molecular complexity index is 709. The van der Waals surface area contributed by atoms with Gasteiger partial charge in [0, 0.05) is 30.7 Å². The number of hydrogen-bond donors (Lipinski definition) is 1. The molecule has 1 amide bonds. The van der Waals surface area contributed by atoms with E-state index in [1.54, 1.807) is 12.5 Å². The third-order valence-electron chi connectivity index (χ3n) is 4.17. The first-order valence-electron chi connectivity index (χ1n) is 7.90. The number of likely N-dealkylation sites (tertiary alicyclic amines) is 1. The Morgan fingerprint density at radius 1 is 1.48 bits per heavy atom. The molecule has 3 rings (SSSR count). The minimum atomic E-state index is 0.0177. The lowest BCUT2D eigenvalue weighted by atomic mass is 9.93. The first-order valence-corrected chi connectivity index (χ1v) is 7.90. The quantitative estimate of drug-likeness (QED) is 0.878. The second-order valence-electron chi connectivity index (χ2n) is 6.01. The molecule has 0 aromatic carbocycles. The average Bonchev–Trinajstić information content (AvgIpc) is 3.01. The number of nitrogens with one attached hydrogen (secondary N) is 1. The lowest BCUT2D eigenvalue weighted by Gasteiger charge is -2.32. The fraction of sp³-hybridized carbons (Fsp3) is 0.412. The molecule has 1 atom stereocenters. The van der Waals surface area contributed by atoms with Gasteiger partial charge in [-0.1, -0.05) is 6.58 Å². The molecule has 6 nitrogen and oxygen atoms in total. The van der Waals surface area contributed by atoms with Crippen LogP contribution in [0.2, 0.25) is 0 Å². The molecule has 0 spiro atoms. The maximum atomic E-state index is 11.8. The lowest BCUT2D eigenvalue weighted by molar-refractivity contribution is -0.127. The lowest BCUT2D eigenvalue weighted by Crippen LogP contribution is -2.39. The molecule has 0 aliphatic carbocycles. The number of nitrogens with zero attached hydrogens (tertiary/aromatic N) is 4.